The molecule has 1 fully saturated rings. The number of alkyl halides is 3. The second kappa shape index (κ2) is 7.19. The molecular formula is C17H18ClF3N4O. The molecule has 0 bridgehead atoms. The number of aryl methyl sites for hydroxylation is 1. The monoisotopic (exact) mass is 386 g/mol. The molecular weight excluding hydrogens is 369 g/mol. The van der Waals surface area contributed by atoms with E-state index in [2.05, 4.69) is 15.3 Å². The zero-order chi connectivity index (χ0) is 18.9. The van der Waals surface area contributed by atoms with Crippen LogP contribution in [0.15, 0.2) is 30.5 Å². The lowest BCUT2D eigenvalue weighted by Crippen LogP contribution is -2.32. The van der Waals surface area contributed by atoms with Crippen molar-refractivity contribution < 1.29 is 18.0 Å². The number of benzene rings is 1. The van der Waals surface area contributed by atoms with Gasteiger partial charge in [0.05, 0.1) is 11.8 Å². The third kappa shape index (κ3) is 3.95. The standard InChI is InChI=1S/C17H18ClF3N4O/c1-24-15(17(19,20)21)14(9-23-24)16(26)22-8-11-6-7-25(10-11)13-4-2-12(18)3-5-13/h2-5,9,11H,6-8,10H2,1H3,(H,22,26). The lowest BCUT2D eigenvalue weighted by molar-refractivity contribution is -0.144. The van der Waals surface area contributed by atoms with Crippen molar-refractivity contribution in [3.8, 4) is 0 Å². The van der Waals surface area contributed by atoms with Crippen molar-refractivity contribution in [3.63, 3.8) is 0 Å². The van der Waals surface area contributed by atoms with E-state index in [1.165, 1.54) is 7.05 Å². The van der Waals surface area contributed by atoms with E-state index in [1.807, 2.05) is 24.3 Å². The molecule has 1 aromatic heterocycles. The van der Waals surface area contributed by atoms with Crippen molar-refractivity contribution >= 4 is 23.2 Å². The Kier molecular flexibility index (Phi) is 5.13. The third-order valence-electron chi connectivity index (χ3n) is 4.48. The number of nitrogens with one attached hydrogen (secondary N) is 1. The normalized spacial score (nSPS) is 17.6. The van der Waals surface area contributed by atoms with E-state index in [0.717, 1.165) is 31.4 Å². The van der Waals surface area contributed by atoms with Crippen LogP contribution in [0.4, 0.5) is 18.9 Å². The zero-order valence-electron chi connectivity index (χ0n) is 14.1. The second-order valence-corrected chi connectivity index (χ2v) is 6.75. The summed E-state index contributed by atoms with van der Waals surface area (Å²) in [6.07, 6.45) is -2.83. The smallest absolute Gasteiger partial charge is 0.371 e. The first-order valence-corrected chi connectivity index (χ1v) is 8.51. The van der Waals surface area contributed by atoms with Gasteiger partial charge in [-0.05, 0) is 36.6 Å². The SMILES string of the molecule is Cn1ncc(C(=O)NCC2CCN(c3ccc(Cl)cc3)C2)c1C(F)(F)F. The number of hydrogen-bond acceptors (Lipinski definition) is 3. The number of carbonyl (C=O) groups is 1. The molecule has 1 amide bonds. The van der Waals surface area contributed by atoms with Crippen LogP contribution in [0.1, 0.15) is 22.5 Å². The van der Waals surface area contributed by atoms with Crippen LogP contribution in [0, 0.1) is 5.92 Å². The first-order chi connectivity index (χ1) is 12.3. The molecule has 0 spiro atoms. The summed E-state index contributed by atoms with van der Waals surface area (Å²) in [6, 6.07) is 7.48. The first kappa shape index (κ1) is 18.6. The molecule has 1 aliphatic heterocycles. The average molecular weight is 387 g/mol. The Balaban J connectivity index is 1.59. The molecule has 3 rings (SSSR count). The van der Waals surface area contributed by atoms with E-state index in [1.54, 1.807) is 0 Å². The van der Waals surface area contributed by atoms with E-state index in [4.69, 9.17) is 11.6 Å². The highest BCUT2D eigenvalue weighted by Gasteiger charge is 2.39. The molecule has 1 unspecified atom stereocenters. The summed E-state index contributed by atoms with van der Waals surface area (Å²) < 4.78 is 39.8. The molecule has 140 valence electrons. The zero-order valence-corrected chi connectivity index (χ0v) is 14.8. The first-order valence-electron chi connectivity index (χ1n) is 8.13. The Bertz CT molecular complexity index is 788. The van der Waals surface area contributed by atoms with Crippen molar-refractivity contribution in [3.05, 3.63) is 46.7 Å². The van der Waals surface area contributed by atoms with Gasteiger partial charge in [0.2, 0.25) is 0 Å². The van der Waals surface area contributed by atoms with Crippen molar-refractivity contribution in [1.29, 1.82) is 0 Å². The number of carbonyl (C=O) groups excluding carboxylic acids is 1. The molecule has 1 N–H and O–H groups in total. The van der Waals surface area contributed by atoms with Gasteiger partial charge in [0.1, 0.15) is 0 Å². The number of amides is 1. The van der Waals surface area contributed by atoms with Gasteiger partial charge in [0.25, 0.3) is 5.91 Å². The fourth-order valence-electron chi connectivity index (χ4n) is 3.16. The highest BCUT2D eigenvalue weighted by Crippen LogP contribution is 2.31. The van der Waals surface area contributed by atoms with E-state index < -0.39 is 23.3 Å². The van der Waals surface area contributed by atoms with Crippen LogP contribution in [-0.4, -0.2) is 35.3 Å². The predicted molar refractivity (Wildman–Crippen MR) is 92.3 cm³/mol. The Morgan fingerprint density at radius 3 is 2.69 bits per heavy atom. The number of aromatic nitrogens is 2. The maximum Gasteiger partial charge on any atom is 0.433 e. The van der Waals surface area contributed by atoms with Crippen molar-refractivity contribution in [1.82, 2.24) is 15.1 Å². The van der Waals surface area contributed by atoms with Crippen LogP contribution in [0.3, 0.4) is 0 Å². The minimum atomic E-state index is -4.63. The topological polar surface area (TPSA) is 50.2 Å². The van der Waals surface area contributed by atoms with Gasteiger partial charge in [-0.3, -0.25) is 9.48 Å². The molecule has 1 atom stereocenters. The van der Waals surface area contributed by atoms with Gasteiger partial charge in [0, 0.05) is 37.4 Å². The van der Waals surface area contributed by atoms with E-state index >= 15 is 0 Å². The van der Waals surface area contributed by atoms with Gasteiger partial charge in [-0.2, -0.15) is 18.3 Å². The minimum Gasteiger partial charge on any atom is -0.371 e. The molecule has 9 heteroatoms. The van der Waals surface area contributed by atoms with Crippen LogP contribution in [0.2, 0.25) is 5.02 Å². The fourth-order valence-corrected chi connectivity index (χ4v) is 3.28. The molecule has 0 aliphatic carbocycles. The molecule has 0 saturated carbocycles. The van der Waals surface area contributed by atoms with Gasteiger partial charge >= 0.3 is 6.18 Å². The molecule has 1 saturated heterocycles. The largest absolute Gasteiger partial charge is 0.433 e. The summed E-state index contributed by atoms with van der Waals surface area (Å²) in [5, 5.41) is 6.83. The van der Waals surface area contributed by atoms with Gasteiger partial charge in [-0.1, -0.05) is 11.6 Å². The number of anilines is 1. The van der Waals surface area contributed by atoms with Gasteiger partial charge in [-0.25, -0.2) is 0 Å². The second-order valence-electron chi connectivity index (χ2n) is 6.32. The summed E-state index contributed by atoms with van der Waals surface area (Å²) in [5.41, 5.74) is -0.452. The molecule has 1 aliphatic rings. The molecule has 1 aromatic carbocycles. The highest BCUT2D eigenvalue weighted by molar-refractivity contribution is 6.30. The predicted octanol–water partition coefficient (Wildman–Crippen LogP) is 3.35. The molecule has 5 nitrogen and oxygen atoms in total. The van der Waals surface area contributed by atoms with Gasteiger partial charge in [0.15, 0.2) is 5.69 Å². The van der Waals surface area contributed by atoms with E-state index in [0.29, 0.717) is 16.2 Å². The van der Waals surface area contributed by atoms with Crippen molar-refractivity contribution in [2.45, 2.75) is 12.6 Å². The summed E-state index contributed by atoms with van der Waals surface area (Å²) in [6.45, 7) is 1.86. The summed E-state index contributed by atoms with van der Waals surface area (Å²) in [4.78, 5) is 14.3. The van der Waals surface area contributed by atoms with E-state index in [-0.39, 0.29) is 5.92 Å². The van der Waals surface area contributed by atoms with Crippen LogP contribution < -0.4 is 10.2 Å². The van der Waals surface area contributed by atoms with Crippen molar-refractivity contribution in [2.75, 3.05) is 24.5 Å². The fraction of sp³-hybridized carbons (Fsp3) is 0.412. The Hall–Kier alpha value is -2.22. The number of nitrogens with zero attached hydrogens (tertiary/aromatic N) is 3. The average Bonchev–Trinajstić information content (AvgIpc) is 3.19. The minimum absolute atomic E-state index is 0.167. The van der Waals surface area contributed by atoms with E-state index in [9.17, 15) is 18.0 Å². The Labute approximate surface area is 153 Å². The highest BCUT2D eigenvalue weighted by atomic mass is 35.5. The Morgan fingerprint density at radius 1 is 1.35 bits per heavy atom. The van der Waals surface area contributed by atoms with Crippen molar-refractivity contribution in [2.24, 2.45) is 13.0 Å². The van der Waals surface area contributed by atoms with Crippen LogP contribution >= 0.6 is 11.6 Å². The number of rotatable bonds is 4. The summed E-state index contributed by atoms with van der Waals surface area (Å²) >= 11 is 5.88. The van der Waals surface area contributed by atoms with Gasteiger partial charge in [-0.15, -0.1) is 0 Å². The number of hydrogen-bond donors (Lipinski definition) is 1. The summed E-state index contributed by atoms with van der Waals surface area (Å²) in [7, 11) is 1.17. The molecule has 0 radical (unpaired) electrons. The third-order valence-corrected chi connectivity index (χ3v) is 4.73. The quantitative estimate of drug-likeness (QED) is 0.876. The van der Waals surface area contributed by atoms with Crippen LogP contribution in [0.5, 0.6) is 0 Å². The lowest BCUT2D eigenvalue weighted by atomic mass is 10.1. The Morgan fingerprint density at radius 2 is 2.04 bits per heavy atom. The molecule has 2 heterocycles. The summed E-state index contributed by atoms with van der Waals surface area (Å²) in [5.74, 6) is -0.587. The van der Waals surface area contributed by atoms with Crippen LogP contribution in [-0.2, 0) is 13.2 Å². The maximum absolute atomic E-state index is 13.1. The molecule has 26 heavy (non-hydrogen) atoms. The van der Waals surface area contributed by atoms with Gasteiger partial charge < -0.3 is 10.2 Å². The molecule has 2 aromatic rings. The lowest BCUT2D eigenvalue weighted by Gasteiger charge is -2.19. The maximum atomic E-state index is 13.1. The number of halogens is 4. The van der Waals surface area contributed by atoms with Crippen LogP contribution in [0.25, 0.3) is 0 Å².